The number of ether oxygens (including phenoxy) is 1. The van der Waals surface area contributed by atoms with Gasteiger partial charge in [0.15, 0.2) is 0 Å². The van der Waals surface area contributed by atoms with E-state index in [1.165, 1.54) is 7.11 Å². The predicted octanol–water partition coefficient (Wildman–Crippen LogP) is 1.49. The van der Waals surface area contributed by atoms with Crippen molar-refractivity contribution < 1.29 is 18.4 Å². The minimum absolute atomic E-state index is 0.394. The lowest BCUT2D eigenvalue weighted by Gasteiger charge is -1.86. The summed E-state index contributed by atoms with van der Waals surface area (Å²) < 4.78 is 13.4. The van der Waals surface area contributed by atoms with Gasteiger partial charge in [0.1, 0.15) is 0 Å². The smallest absolute Gasteiger partial charge is 0.329 e. The monoisotopic (exact) mass is 318 g/mol. The fourth-order valence-electron chi connectivity index (χ4n) is 0.327. The van der Waals surface area contributed by atoms with Crippen LogP contribution in [0.3, 0.4) is 0 Å². The summed E-state index contributed by atoms with van der Waals surface area (Å²) in [7, 11) is 2.69. The number of rotatable bonds is 5. The molecule has 0 aromatic heterocycles. The number of carbonyl (C=O) groups excluding carboxylic acids is 1. The Labute approximate surface area is 117 Å². The molecule has 0 aromatic carbocycles. The summed E-state index contributed by atoms with van der Waals surface area (Å²) in [6, 6.07) is 0.809. The second kappa shape index (κ2) is 21.2. The van der Waals surface area contributed by atoms with Crippen LogP contribution in [0.1, 0.15) is 0 Å². The molecular formula is C9H20Cl2O4Si2. The number of allylic oxidation sites excluding steroid dienone is 1. The molecule has 0 radical (unpaired) electrons. The minimum atomic E-state index is -1.34. The van der Waals surface area contributed by atoms with Gasteiger partial charge >= 0.3 is 16.0 Å². The summed E-state index contributed by atoms with van der Waals surface area (Å²) in [4.78, 5) is 9.84. The van der Waals surface area contributed by atoms with Gasteiger partial charge < -0.3 is 13.6 Å². The van der Waals surface area contributed by atoms with Crippen LogP contribution < -0.4 is 0 Å². The van der Waals surface area contributed by atoms with Gasteiger partial charge in [-0.2, -0.15) is 22.2 Å². The maximum atomic E-state index is 9.84. The van der Waals surface area contributed by atoms with E-state index in [1.807, 2.05) is 0 Å². The SMILES string of the molecule is C=CC(=O)OC.C=CC[SiH](Cl)Cl.CO[SiH2]OC. The molecule has 0 heterocycles. The van der Waals surface area contributed by atoms with Crippen LogP contribution in [0.4, 0.5) is 0 Å². The maximum absolute atomic E-state index is 9.84. The standard InChI is InChI=1S/C4H6O2.C3H6Cl2Si.C2H8O2Si/c1-3-4(5)6-2;1-2-3-6(4)5;1-3-5-4-2/h3H,1H2,2H3;2,6H,1,3H2;5H2,1-2H3. The first kappa shape index (κ1) is 22.1. The molecule has 0 aliphatic heterocycles. The van der Waals surface area contributed by atoms with E-state index in [9.17, 15) is 4.79 Å². The van der Waals surface area contributed by atoms with Crippen molar-refractivity contribution in [2.24, 2.45) is 0 Å². The molecule has 0 aliphatic rings. The highest BCUT2D eigenvalue weighted by molar-refractivity contribution is 7.33. The zero-order valence-electron chi connectivity index (χ0n) is 10.4. The van der Waals surface area contributed by atoms with Gasteiger partial charge in [-0.3, -0.25) is 0 Å². The Morgan fingerprint density at radius 2 is 1.76 bits per heavy atom. The number of esters is 1. The summed E-state index contributed by atoms with van der Waals surface area (Å²) >= 11 is 10.8. The summed E-state index contributed by atoms with van der Waals surface area (Å²) in [6.07, 6.45) is 2.86. The van der Waals surface area contributed by atoms with Gasteiger partial charge in [-0.05, 0) is 6.04 Å². The van der Waals surface area contributed by atoms with Gasteiger partial charge in [-0.25, -0.2) is 4.79 Å². The molecule has 0 fully saturated rings. The molecule has 0 rings (SSSR count). The van der Waals surface area contributed by atoms with Crippen molar-refractivity contribution in [2.45, 2.75) is 6.04 Å². The van der Waals surface area contributed by atoms with Crippen molar-refractivity contribution in [3.8, 4) is 0 Å². The second-order valence-electron chi connectivity index (χ2n) is 2.34. The lowest BCUT2D eigenvalue weighted by atomic mass is 10.7. The lowest BCUT2D eigenvalue weighted by molar-refractivity contribution is -0.134. The van der Waals surface area contributed by atoms with Crippen LogP contribution in [0, 0.1) is 0 Å². The van der Waals surface area contributed by atoms with E-state index in [-0.39, 0.29) is 0 Å². The van der Waals surface area contributed by atoms with E-state index in [4.69, 9.17) is 22.2 Å². The molecule has 0 amide bonds. The molecule has 17 heavy (non-hydrogen) atoms. The van der Waals surface area contributed by atoms with E-state index >= 15 is 0 Å². The predicted molar refractivity (Wildman–Crippen MR) is 78.6 cm³/mol. The Morgan fingerprint density at radius 1 is 1.29 bits per heavy atom. The summed E-state index contributed by atoms with van der Waals surface area (Å²) in [5.41, 5.74) is 0. The van der Waals surface area contributed by atoms with Gasteiger partial charge in [0, 0.05) is 20.3 Å². The number of carbonyl (C=O) groups is 1. The third-order valence-electron chi connectivity index (χ3n) is 0.948. The fourth-order valence-corrected chi connectivity index (χ4v) is 1.57. The van der Waals surface area contributed by atoms with Crippen molar-refractivity contribution >= 4 is 45.6 Å². The Balaban J connectivity index is -0.000000174. The molecule has 0 atom stereocenters. The molecule has 0 aromatic rings. The van der Waals surface area contributed by atoms with Crippen LogP contribution in [-0.2, 0) is 18.4 Å². The molecule has 4 nitrogen and oxygen atoms in total. The Hall–Kier alpha value is -0.116. The number of methoxy groups -OCH3 is 1. The first-order chi connectivity index (χ1) is 7.99. The van der Waals surface area contributed by atoms with Gasteiger partial charge in [0.2, 0.25) is 7.42 Å². The fraction of sp³-hybridized carbons (Fsp3) is 0.444. The number of hydrogen-bond donors (Lipinski definition) is 0. The number of halogens is 2. The Kier molecular flexibility index (Phi) is 27.6. The first-order valence-electron chi connectivity index (χ1n) is 4.57. The van der Waals surface area contributed by atoms with Gasteiger partial charge in [-0.1, -0.05) is 12.7 Å². The van der Waals surface area contributed by atoms with Gasteiger partial charge in [0.25, 0.3) is 0 Å². The average molecular weight is 319 g/mol. The van der Waals surface area contributed by atoms with Gasteiger partial charge in [0.05, 0.1) is 7.11 Å². The molecule has 0 N–H and O–H groups in total. The molecule has 0 unspecified atom stereocenters. The van der Waals surface area contributed by atoms with Gasteiger partial charge in [-0.15, -0.1) is 6.58 Å². The molecule has 102 valence electrons. The van der Waals surface area contributed by atoms with Crippen LogP contribution >= 0.6 is 22.2 Å². The van der Waals surface area contributed by atoms with Crippen molar-refractivity contribution in [1.82, 2.24) is 0 Å². The molecule has 0 aliphatic carbocycles. The Bertz CT molecular complexity index is 190. The van der Waals surface area contributed by atoms with E-state index in [2.05, 4.69) is 26.7 Å². The van der Waals surface area contributed by atoms with Crippen molar-refractivity contribution in [3.05, 3.63) is 25.3 Å². The zero-order chi connectivity index (χ0) is 14.1. The van der Waals surface area contributed by atoms with Crippen LogP contribution in [0.15, 0.2) is 25.3 Å². The molecule has 0 bridgehead atoms. The summed E-state index contributed by atoms with van der Waals surface area (Å²) in [5, 5.41) is 0. The average Bonchev–Trinajstić information content (AvgIpc) is 2.30. The van der Waals surface area contributed by atoms with E-state index < -0.39 is 23.4 Å². The minimum Gasteiger partial charge on any atom is -0.466 e. The van der Waals surface area contributed by atoms with Crippen molar-refractivity contribution in [1.29, 1.82) is 0 Å². The lowest BCUT2D eigenvalue weighted by Crippen LogP contribution is -1.93. The highest BCUT2D eigenvalue weighted by Crippen LogP contribution is 2.01. The molecule has 8 heteroatoms. The molecule has 0 spiro atoms. The van der Waals surface area contributed by atoms with Crippen LogP contribution in [-0.4, -0.2) is 44.7 Å². The molecular weight excluding hydrogens is 299 g/mol. The van der Waals surface area contributed by atoms with Crippen LogP contribution in [0.2, 0.25) is 6.04 Å². The van der Waals surface area contributed by atoms with Crippen LogP contribution in [0.25, 0.3) is 0 Å². The van der Waals surface area contributed by atoms with E-state index in [0.717, 1.165) is 12.1 Å². The maximum Gasteiger partial charge on any atom is 0.329 e. The van der Waals surface area contributed by atoms with Crippen molar-refractivity contribution in [3.63, 3.8) is 0 Å². The highest BCUT2D eigenvalue weighted by atomic mass is 35.7. The largest absolute Gasteiger partial charge is 0.466 e. The Morgan fingerprint density at radius 3 is 1.76 bits per heavy atom. The highest BCUT2D eigenvalue weighted by Gasteiger charge is 1.93. The molecule has 0 saturated heterocycles. The topological polar surface area (TPSA) is 44.8 Å². The third-order valence-corrected chi connectivity index (χ3v) is 3.18. The van der Waals surface area contributed by atoms with Crippen molar-refractivity contribution in [2.75, 3.05) is 21.3 Å². The van der Waals surface area contributed by atoms with E-state index in [0.29, 0.717) is 0 Å². The number of hydrogen-bond acceptors (Lipinski definition) is 4. The zero-order valence-corrected chi connectivity index (χ0v) is 14.5. The summed E-state index contributed by atoms with van der Waals surface area (Å²) in [5.74, 6) is -0.394. The molecule has 0 saturated carbocycles. The third kappa shape index (κ3) is 38.8. The second-order valence-corrected chi connectivity index (χ2v) is 8.81. The van der Waals surface area contributed by atoms with Crippen LogP contribution in [0.5, 0.6) is 0 Å². The normalized spacial score (nSPS) is 8.12. The van der Waals surface area contributed by atoms with E-state index in [1.54, 1.807) is 20.3 Å². The quantitative estimate of drug-likeness (QED) is 0.253. The summed E-state index contributed by atoms with van der Waals surface area (Å²) in [6.45, 7) is 6.62. The first-order valence-corrected chi connectivity index (χ1v) is 10.0.